The first kappa shape index (κ1) is 13.4. The van der Waals surface area contributed by atoms with Crippen molar-refractivity contribution in [1.82, 2.24) is 20.1 Å². The van der Waals surface area contributed by atoms with Crippen LogP contribution in [0.25, 0.3) is 10.9 Å². The zero-order valence-corrected chi connectivity index (χ0v) is 12.9. The lowest BCUT2D eigenvalue weighted by Crippen LogP contribution is -2.30. The molecule has 5 nitrogen and oxygen atoms in total. The Bertz CT molecular complexity index is 817. The molecule has 0 fully saturated rings. The summed E-state index contributed by atoms with van der Waals surface area (Å²) < 4.78 is 7.34. The highest BCUT2D eigenvalue weighted by atomic mass is 16.5. The number of H-pyrrole nitrogens is 1. The van der Waals surface area contributed by atoms with Gasteiger partial charge in [-0.3, -0.25) is 4.68 Å². The average Bonchev–Trinajstić information content (AvgIpc) is 3.18. The van der Waals surface area contributed by atoms with Crippen LogP contribution in [0.4, 0.5) is 0 Å². The molecule has 1 aliphatic rings. The van der Waals surface area contributed by atoms with E-state index in [-0.39, 0.29) is 6.04 Å². The monoisotopic (exact) mass is 296 g/mol. The van der Waals surface area contributed by atoms with Gasteiger partial charge < -0.3 is 15.0 Å². The highest BCUT2D eigenvalue weighted by Crippen LogP contribution is 2.34. The summed E-state index contributed by atoms with van der Waals surface area (Å²) in [6.07, 6.45) is 5.11. The molecule has 0 amide bonds. The van der Waals surface area contributed by atoms with Crippen LogP contribution in [0, 0.1) is 0 Å². The maximum Gasteiger partial charge on any atom is 0.119 e. The minimum absolute atomic E-state index is 0.183. The van der Waals surface area contributed by atoms with E-state index in [1.807, 2.05) is 16.9 Å². The molecule has 0 bridgehead atoms. The van der Waals surface area contributed by atoms with Crippen molar-refractivity contribution in [1.29, 1.82) is 0 Å². The second kappa shape index (κ2) is 5.18. The Hall–Kier alpha value is -2.27. The van der Waals surface area contributed by atoms with Gasteiger partial charge in [0.05, 0.1) is 19.3 Å². The van der Waals surface area contributed by atoms with Gasteiger partial charge in [-0.2, -0.15) is 5.10 Å². The number of aryl methyl sites for hydroxylation is 1. The summed E-state index contributed by atoms with van der Waals surface area (Å²) in [4.78, 5) is 3.59. The molecule has 2 aromatic heterocycles. The molecule has 0 saturated heterocycles. The number of hydrogen-bond acceptors (Lipinski definition) is 3. The molecule has 1 aliphatic heterocycles. The van der Waals surface area contributed by atoms with E-state index in [0.717, 1.165) is 25.3 Å². The molecule has 3 heterocycles. The van der Waals surface area contributed by atoms with Gasteiger partial charge in [0.25, 0.3) is 0 Å². The molecule has 0 aliphatic carbocycles. The number of rotatable bonds is 3. The van der Waals surface area contributed by atoms with Crippen molar-refractivity contribution >= 4 is 10.9 Å². The number of ether oxygens (including phenoxy) is 1. The Labute approximate surface area is 129 Å². The van der Waals surface area contributed by atoms with Crippen molar-refractivity contribution in [2.45, 2.75) is 25.9 Å². The lowest BCUT2D eigenvalue weighted by Gasteiger charge is -2.23. The van der Waals surface area contributed by atoms with Gasteiger partial charge in [-0.15, -0.1) is 0 Å². The van der Waals surface area contributed by atoms with Crippen molar-refractivity contribution in [3.05, 3.63) is 47.4 Å². The summed E-state index contributed by atoms with van der Waals surface area (Å²) in [7, 11) is 1.71. The molecule has 0 saturated carbocycles. The fourth-order valence-corrected chi connectivity index (χ4v) is 3.32. The number of benzene rings is 1. The molecule has 1 atom stereocenters. The van der Waals surface area contributed by atoms with Crippen molar-refractivity contribution in [3.8, 4) is 5.75 Å². The summed E-state index contributed by atoms with van der Waals surface area (Å²) >= 11 is 0. The van der Waals surface area contributed by atoms with Crippen LogP contribution in [0.1, 0.15) is 29.8 Å². The number of fused-ring (bicyclic) bond motifs is 3. The molecule has 22 heavy (non-hydrogen) atoms. The number of nitrogens with one attached hydrogen (secondary N) is 2. The van der Waals surface area contributed by atoms with Gasteiger partial charge in [-0.05, 0) is 37.1 Å². The quantitative estimate of drug-likeness (QED) is 0.781. The summed E-state index contributed by atoms with van der Waals surface area (Å²) in [5, 5.41) is 9.28. The predicted molar refractivity (Wildman–Crippen MR) is 86.3 cm³/mol. The van der Waals surface area contributed by atoms with E-state index in [1.165, 1.54) is 27.7 Å². The highest BCUT2D eigenvalue weighted by molar-refractivity contribution is 5.86. The van der Waals surface area contributed by atoms with Crippen LogP contribution in [0.15, 0.2) is 30.6 Å². The van der Waals surface area contributed by atoms with Crippen LogP contribution in [0.3, 0.4) is 0 Å². The highest BCUT2D eigenvalue weighted by Gasteiger charge is 2.26. The number of aromatic amines is 1. The molecular weight excluding hydrogens is 276 g/mol. The van der Waals surface area contributed by atoms with Crippen molar-refractivity contribution in [2.24, 2.45) is 0 Å². The first-order valence-electron chi connectivity index (χ1n) is 7.74. The number of hydrogen-bond donors (Lipinski definition) is 2. The maximum absolute atomic E-state index is 5.37. The second-order valence-corrected chi connectivity index (χ2v) is 5.70. The smallest absolute Gasteiger partial charge is 0.119 e. The summed E-state index contributed by atoms with van der Waals surface area (Å²) in [5.41, 5.74) is 5.02. The van der Waals surface area contributed by atoms with E-state index in [9.17, 15) is 0 Å². The number of methoxy groups -OCH3 is 1. The third-order valence-electron chi connectivity index (χ3n) is 4.47. The molecular formula is C17H20N4O. The van der Waals surface area contributed by atoms with Crippen LogP contribution < -0.4 is 10.1 Å². The lowest BCUT2D eigenvalue weighted by atomic mass is 9.96. The Morgan fingerprint density at radius 1 is 1.41 bits per heavy atom. The van der Waals surface area contributed by atoms with Crippen LogP contribution in [-0.4, -0.2) is 28.4 Å². The van der Waals surface area contributed by atoms with Gasteiger partial charge in [-0.25, -0.2) is 0 Å². The molecule has 4 rings (SSSR count). The SMILES string of the molecule is CCn1cc([C@H]2NCCc3c2[nH]c2ccc(OC)cc32)cn1. The van der Waals surface area contributed by atoms with Crippen molar-refractivity contribution < 1.29 is 4.74 Å². The van der Waals surface area contributed by atoms with E-state index < -0.39 is 0 Å². The molecule has 0 unspecified atom stereocenters. The van der Waals surface area contributed by atoms with Crippen LogP contribution in [0.5, 0.6) is 5.75 Å². The molecule has 114 valence electrons. The first-order chi connectivity index (χ1) is 10.8. The lowest BCUT2D eigenvalue weighted by molar-refractivity contribution is 0.415. The van der Waals surface area contributed by atoms with Crippen LogP contribution in [-0.2, 0) is 13.0 Å². The normalized spacial score (nSPS) is 17.6. The van der Waals surface area contributed by atoms with E-state index in [0.29, 0.717) is 0 Å². The average molecular weight is 296 g/mol. The first-order valence-corrected chi connectivity index (χ1v) is 7.74. The molecule has 0 spiro atoms. The largest absolute Gasteiger partial charge is 0.497 e. The number of nitrogens with zero attached hydrogens (tertiary/aromatic N) is 2. The summed E-state index contributed by atoms with van der Waals surface area (Å²) in [6.45, 7) is 3.97. The fourth-order valence-electron chi connectivity index (χ4n) is 3.32. The van der Waals surface area contributed by atoms with Crippen LogP contribution in [0.2, 0.25) is 0 Å². The van der Waals surface area contributed by atoms with Gasteiger partial charge in [-0.1, -0.05) is 0 Å². The van der Waals surface area contributed by atoms with Crippen LogP contribution >= 0.6 is 0 Å². The van der Waals surface area contributed by atoms with Crippen molar-refractivity contribution in [2.75, 3.05) is 13.7 Å². The van der Waals surface area contributed by atoms with E-state index in [4.69, 9.17) is 4.74 Å². The van der Waals surface area contributed by atoms with Gasteiger partial charge in [0, 0.05) is 41.4 Å². The Morgan fingerprint density at radius 2 is 2.32 bits per heavy atom. The van der Waals surface area contributed by atoms with E-state index >= 15 is 0 Å². The van der Waals surface area contributed by atoms with E-state index in [2.05, 4.69) is 40.7 Å². The predicted octanol–water partition coefficient (Wildman–Crippen LogP) is 2.63. The topological polar surface area (TPSA) is 54.9 Å². The maximum atomic E-state index is 5.37. The third-order valence-corrected chi connectivity index (χ3v) is 4.47. The fraction of sp³-hybridized carbons (Fsp3) is 0.353. The Balaban J connectivity index is 1.83. The Kier molecular flexibility index (Phi) is 3.15. The van der Waals surface area contributed by atoms with Crippen molar-refractivity contribution in [3.63, 3.8) is 0 Å². The zero-order valence-electron chi connectivity index (χ0n) is 12.9. The Morgan fingerprint density at radius 3 is 3.09 bits per heavy atom. The minimum atomic E-state index is 0.183. The molecule has 5 heteroatoms. The van der Waals surface area contributed by atoms with Gasteiger partial charge in [0.1, 0.15) is 5.75 Å². The molecule has 1 aromatic carbocycles. The van der Waals surface area contributed by atoms with E-state index in [1.54, 1.807) is 7.11 Å². The van der Waals surface area contributed by atoms with Gasteiger partial charge >= 0.3 is 0 Å². The number of aromatic nitrogens is 3. The molecule has 2 N–H and O–H groups in total. The van der Waals surface area contributed by atoms with Gasteiger partial charge in [0.15, 0.2) is 0 Å². The minimum Gasteiger partial charge on any atom is -0.497 e. The summed E-state index contributed by atoms with van der Waals surface area (Å²) in [5.74, 6) is 0.906. The third kappa shape index (κ3) is 2.01. The second-order valence-electron chi connectivity index (χ2n) is 5.70. The summed E-state index contributed by atoms with van der Waals surface area (Å²) in [6, 6.07) is 6.41. The van der Waals surface area contributed by atoms with Gasteiger partial charge in [0.2, 0.25) is 0 Å². The standard InChI is InChI=1S/C17H20N4O/c1-3-21-10-11(9-19-21)16-17-13(6-7-18-16)14-8-12(22-2)4-5-15(14)20-17/h4-5,8-10,16,18,20H,3,6-7H2,1-2H3/t16-/m1/s1. The molecule has 3 aromatic rings. The zero-order chi connectivity index (χ0) is 15.1. The molecule has 0 radical (unpaired) electrons.